The zero-order valence-corrected chi connectivity index (χ0v) is 16.2. The molecule has 12 nitrogen and oxygen atoms in total. The van der Waals surface area contributed by atoms with Crippen LogP contribution < -0.4 is 9.80 Å². The summed E-state index contributed by atoms with van der Waals surface area (Å²) in [4.78, 5) is 45.7. The third kappa shape index (κ3) is 5.03. The third-order valence-corrected chi connectivity index (χ3v) is 4.08. The van der Waals surface area contributed by atoms with E-state index < -0.39 is 35.6 Å². The molecule has 1 aromatic heterocycles. The number of methoxy groups -OCH3 is 2. The van der Waals surface area contributed by atoms with Crippen LogP contribution in [0.2, 0.25) is 0 Å². The molecule has 1 aliphatic heterocycles. The Morgan fingerprint density at radius 3 is 2.21 bits per heavy atom. The van der Waals surface area contributed by atoms with Gasteiger partial charge in [-0.15, -0.1) is 0 Å². The van der Waals surface area contributed by atoms with Crippen molar-refractivity contribution in [3.05, 3.63) is 16.4 Å². The third-order valence-electron chi connectivity index (χ3n) is 4.08. The SMILES string of the molecule is COC(=O)CN(CC(=O)OC)c1ncnc(N2CC(C)OC(C)C2)c1[N+](=O)[O-]. The maximum Gasteiger partial charge on any atom is 0.353 e. The van der Waals surface area contributed by atoms with Crippen LogP contribution in [0.4, 0.5) is 17.3 Å². The molecule has 28 heavy (non-hydrogen) atoms. The van der Waals surface area contributed by atoms with Crippen molar-refractivity contribution in [2.45, 2.75) is 26.1 Å². The highest BCUT2D eigenvalue weighted by Gasteiger charge is 2.34. The summed E-state index contributed by atoms with van der Waals surface area (Å²) in [6.07, 6.45) is 0.857. The molecule has 2 rings (SSSR count). The largest absolute Gasteiger partial charge is 0.468 e. The molecule has 0 aromatic carbocycles. The van der Waals surface area contributed by atoms with Gasteiger partial charge in [0.1, 0.15) is 19.4 Å². The van der Waals surface area contributed by atoms with Gasteiger partial charge in [-0.05, 0) is 13.8 Å². The standard InChI is InChI=1S/C16H23N5O7/c1-10-5-19(6-11(2)28-10)15-14(21(24)25)16(18-9-17-15)20(7-12(22)26-3)8-13(23)27-4/h9-11H,5-8H2,1-4H3. The zero-order valence-electron chi connectivity index (χ0n) is 16.2. The van der Waals surface area contributed by atoms with Crippen LogP contribution >= 0.6 is 0 Å². The molecule has 1 aliphatic rings. The minimum Gasteiger partial charge on any atom is -0.468 e. The monoisotopic (exact) mass is 397 g/mol. The second kappa shape index (κ2) is 9.26. The summed E-state index contributed by atoms with van der Waals surface area (Å²) in [7, 11) is 2.35. The molecule has 12 heteroatoms. The Bertz CT molecular complexity index is 716. The molecule has 2 atom stereocenters. The molecule has 1 aromatic rings. The Hall–Kier alpha value is -3.02. The number of rotatable bonds is 7. The highest BCUT2D eigenvalue weighted by molar-refractivity contribution is 5.84. The molecule has 0 bridgehead atoms. The number of ether oxygens (including phenoxy) is 3. The van der Waals surface area contributed by atoms with Gasteiger partial charge in [-0.1, -0.05) is 0 Å². The van der Waals surface area contributed by atoms with Gasteiger partial charge in [0.25, 0.3) is 0 Å². The van der Waals surface area contributed by atoms with Gasteiger partial charge in [-0.3, -0.25) is 19.7 Å². The van der Waals surface area contributed by atoms with E-state index in [2.05, 4.69) is 19.4 Å². The number of esters is 2. The first-order valence-electron chi connectivity index (χ1n) is 8.55. The van der Waals surface area contributed by atoms with Gasteiger partial charge >= 0.3 is 17.6 Å². The van der Waals surface area contributed by atoms with Crippen LogP contribution in [-0.4, -0.2) is 79.4 Å². The summed E-state index contributed by atoms with van der Waals surface area (Å²) in [6, 6.07) is 0. The lowest BCUT2D eigenvalue weighted by Crippen LogP contribution is -2.46. The van der Waals surface area contributed by atoms with Crippen LogP contribution in [-0.2, 0) is 23.8 Å². The number of morpholine rings is 1. The van der Waals surface area contributed by atoms with Crippen LogP contribution in [0.5, 0.6) is 0 Å². The van der Waals surface area contributed by atoms with Gasteiger partial charge in [0.15, 0.2) is 0 Å². The second-order valence-corrected chi connectivity index (χ2v) is 6.30. The fraction of sp³-hybridized carbons (Fsp3) is 0.625. The second-order valence-electron chi connectivity index (χ2n) is 6.30. The topological polar surface area (TPSA) is 137 Å². The van der Waals surface area contributed by atoms with Crippen molar-refractivity contribution in [1.82, 2.24) is 9.97 Å². The van der Waals surface area contributed by atoms with E-state index in [4.69, 9.17) is 4.74 Å². The van der Waals surface area contributed by atoms with Crippen LogP contribution in [0.15, 0.2) is 6.33 Å². The Morgan fingerprint density at radius 2 is 1.75 bits per heavy atom. The van der Waals surface area contributed by atoms with Crippen LogP contribution in [0.1, 0.15) is 13.8 Å². The highest BCUT2D eigenvalue weighted by atomic mass is 16.6. The number of nitrogens with zero attached hydrogens (tertiary/aromatic N) is 5. The minimum absolute atomic E-state index is 0.0942. The number of anilines is 2. The van der Waals surface area contributed by atoms with E-state index in [1.165, 1.54) is 14.2 Å². The van der Waals surface area contributed by atoms with Gasteiger partial charge in [0.2, 0.25) is 11.6 Å². The smallest absolute Gasteiger partial charge is 0.353 e. The summed E-state index contributed by atoms with van der Waals surface area (Å²) < 4.78 is 14.9. The summed E-state index contributed by atoms with van der Waals surface area (Å²) >= 11 is 0. The number of hydrogen-bond donors (Lipinski definition) is 0. The lowest BCUT2D eigenvalue weighted by molar-refractivity contribution is -0.383. The van der Waals surface area contributed by atoms with E-state index in [0.717, 1.165) is 11.2 Å². The summed E-state index contributed by atoms with van der Waals surface area (Å²) in [5.74, 6) is -1.45. The molecule has 0 aliphatic carbocycles. The number of nitro groups is 1. The molecule has 0 N–H and O–H groups in total. The van der Waals surface area contributed by atoms with Crippen LogP contribution in [0.25, 0.3) is 0 Å². The van der Waals surface area contributed by atoms with E-state index in [-0.39, 0.29) is 23.8 Å². The fourth-order valence-corrected chi connectivity index (χ4v) is 2.98. The Balaban J connectivity index is 2.50. The maximum absolute atomic E-state index is 11.9. The molecular weight excluding hydrogens is 374 g/mol. The Kier molecular flexibility index (Phi) is 7.04. The summed E-state index contributed by atoms with van der Waals surface area (Å²) in [6.45, 7) is 3.68. The quantitative estimate of drug-likeness (QED) is 0.353. The Morgan fingerprint density at radius 1 is 1.21 bits per heavy atom. The van der Waals surface area contributed by atoms with Crippen molar-refractivity contribution < 1.29 is 28.7 Å². The van der Waals surface area contributed by atoms with Crippen molar-refractivity contribution in [1.29, 1.82) is 0 Å². The van der Waals surface area contributed by atoms with Gasteiger partial charge in [-0.2, -0.15) is 0 Å². The first kappa shape index (κ1) is 21.3. The summed E-state index contributed by atoms with van der Waals surface area (Å²) in [5, 5.41) is 11.9. The number of carbonyl (C=O) groups is 2. The van der Waals surface area contributed by atoms with Crippen molar-refractivity contribution in [2.75, 3.05) is 50.2 Å². The van der Waals surface area contributed by atoms with Crippen LogP contribution in [0.3, 0.4) is 0 Å². The molecule has 0 amide bonds. The van der Waals surface area contributed by atoms with E-state index in [1.54, 1.807) is 4.90 Å². The normalized spacial score (nSPS) is 19.1. The predicted octanol–water partition coefficient (Wildman–Crippen LogP) is 0.151. The molecule has 0 saturated carbocycles. The predicted molar refractivity (Wildman–Crippen MR) is 97.2 cm³/mol. The van der Waals surface area contributed by atoms with E-state index in [0.29, 0.717) is 13.1 Å². The van der Waals surface area contributed by atoms with Gasteiger partial charge in [0, 0.05) is 13.1 Å². The van der Waals surface area contributed by atoms with Crippen LogP contribution in [0, 0.1) is 10.1 Å². The first-order valence-corrected chi connectivity index (χ1v) is 8.55. The fourth-order valence-electron chi connectivity index (χ4n) is 2.98. The average molecular weight is 397 g/mol. The number of carbonyl (C=O) groups excluding carboxylic acids is 2. The van der Waals surface area contributed by atoms with Gasteiger partial charge in [0.05, 0.1) is 31.4 Å². The summed E-state index contributed by atoms with van der Waals surface area (Å²) in [5.41, 5.74) is -0.406. The van der Waals surface area contributed by atoms with Gasteiger partial charge in [-0.25, -0.2) is 9.97 Å². The molecule has 1 fully saturated rings. The van der Waals surface area contributed by atoms with Crippen molar-refractivity contribution >= 4 is 29.3 Å². The van der Waals surface area contributed by atoms with Gasteiger partial charge < -0.3 is 24.0 Å². The molecular formula is C16H23N5O7. The maximum atomic E-state index is 11.9. The molecule has 154 valence electrons. The molecule has 1 saturated heterocycles. The number of hydrogen-bond acceptors (Lipinski definition) is 11. The van der Waals surface area contributed by atoms with Crippen molar-refractivity contribution in [3.8, 4) is 0 Å². The molecule has 2 heterocycles. The Labute approximate surface area is 161 Å². The highest BCUT2D eigenvalue weighted by Crippen LogP contribution is 2.35. The zero-order chi connectivity index (χ0) is 20.8. The van der Waals surface area contributed by atoms with E-state index in [9.17, 15) is 19.7 Å². The molecule has 0 radical (unpaired) electrons. The number of aromatic nitrogens is 2. The minimum atomic E-state index is -0.688. The van der Waals surface area contributed by atoms with E-state index in [1.807, 2.05) is 13.8 Å². The van der Waals surface area contributed by atoms with Crippen molar-refractivity contribution in [2.24, 2.45) is 0 Å². The molecule has 0 spiro atoms. The lowest BCUT2D eigenvalue weighted by Gasteiger charge is -2.36. The van der Waals surface area contributed by atoms with E-state index >= 15 is 0 Å². The molecule has 2 unspecified atom stereocenters. The average Bonchev–Trinajstić information content (AvgIpc) is 2.65. The van der Waals surface area contributed by atoms with Crippen molar-refractivity contribution in [3.63, 3.8) is 0 Å². The lowest BCUT2D eigenvalue weighted by atomic mass is 10.2. The first-order chi connectivity index (χ1) is 13.3.